The Hall–Kier alpha value is -1.40. The maximum absolute atomic E-state index is 11.3. The quantitative estimate of drug-likeness (QED) is 0.776. The minimum atomic E-state index is -0.225. The first kappa shape index (κ1) is 11.1. The summed E-state index contributed by atoms with van der Waals surface area (Å²) in [6.07, 6.45) is 0. The van der Waals surface area contributed by atoms with Crippen LogP contribution in [0.3, 0.4) is 0 Å². The van der Waals surface area contributed by atoms with E-state index in [9.17, 15) is 4.79 Å². The molecule has 1 saturated heterocycles. The normalized spacial score (nSPS) is 17.3. The van der Waals surface area contributed by atoms with Gasteiger partial charge in [-0.15, -0.1) is 0 Å². The highest BCUT2D eigenvalue weighted by atomic mass is 16.5. The molecular weight excluding hydrogens is 210 g/mol. The maximum atomic E-state index is 11.3. The molecule has 88 valence electrons. The van der Waals surface area contributed by atoms with Gasteiger partial charge in [-0.3, -0.25) is 9.69 Å². The van der Waals surface area contributed by atoms with Gasteiger partial charge in [0.25, 0.3) is 5.91 Å². The summed E-state index contributed by atoms with van der Waals surface area (Å²) in [5.74, 6) is 0.484. The van der Waals surface area contributed by atoms with Crippen molar-refractivity contribution in [3.05, 3.63) is 17.5 Å². The number of aromatic nitrogens is 1. The third-order valence-electron chi connectivity index (χ3n) is 2.50. The average Bonchev–Trinajstić information content (AvgIpc) is 2.78. The van der Waals surface area contributed by atoms with Crippen LogP contribution in [0.4, 0.5) is 0 Å². The molecule has 1 amide bonds. The first-order valence-corrected chi connectivity index (χ1v) is 5.27. The van der Waals surface area contributed by atoms with Gasteiger partial charge in [0.15, 0.2) is 11.5 Å². The molecule has 1 aliphatic heterocycles. The van der Waals surface area contributed by atoms with Gasteiger partial charge in [-0.2, -0.15) is 0 Å². The van der Waals surface area contributed by atoms with Gasteiger partial charge in [0, 0.05) is 26.2 Å². The van der Waals surface area contributed by atoms with Crippen molar-refractivity contribution in [3.8, 4) is 0 Å². The second-order valence-corrected chi connectivity index (χ2v) is 3.65. The lowest BCUT2D eigenvalue weighted by molar-refractivity contribution is 0.0305. The van der Waals surface area contributed by atoms with Crippen LogP contribution in [0.2, 0.25) is 0 Å². The fourth-order valence-corrected chi connectivity index (χ4v) is 1.60. The van der Waals surface area contributed by atoms with Crippen LogP contribution in [0.5, 0.6) is 0 Å². The van der Waals surface area contributed by atoms with Gasteiger partial charge in [-0.1, -0.05) is 5.16 Å². The highest BCUT2D eigenvalue weighted by Crippen LogP contribution is 2.08. The lowest BCUT2D eigenvalue weighted by Crippen LogP contribution is -2.35. The summed E-state index contributed by atoms with van der Waals surface area (Å²) < 4.78 is 10.3. The van der Waals surface area contributed by atoms with Gasteiger partial charge in [0.2, 0.25) is 0 Å². The van der Waals surface area contributed by atoms with Gasteiger partial charge in [-0.25, -0.2) is 0 Å². The summed E-state index contributed by atoms with van der Waals surface area (Å²) in [6.45, 7) is 3.94. The minimum absolute atomic E-state index is 0.225. The van der Waals surface area contributed by atoms with E-state index in [4.69, 9.17) is 9.26 Å². The van der Waals surface area contributed by atoms with Gasteiger partial charge in [0.1, 0.15) is 0 Å². The van der Waals surface area contributed by atoms with Crippen LogP contribution in [0, 0.1) is 0 Å². The molecule has 16 heavy (non-hydrogen) atoms. The molecular formula is C10H15N3O3. The number of rotatable bonds is 3. The fourth-order valence-electron chi connectivity index (χ4n) is 1.60. The molecule has 1 aromatic rings. The Labute approximate surface area is 93.5 Å². The molecule has 0 radical (unpaired) electrons. The number of nitrogens with one attached hydrogen (secondary N) is 1. The number of nitrogens with zero attached hydrogens (tertiary/aromatic N) is 2. The van der Waals surface area contributed by atoms with Gasteiger partial charge in [0.05, 0.1) is 19.8 Å². The van der Waals surface area contributed by atoms with E-state index in [0.717, 1.165) is 26.3 Å². The van der Waals surface area contributed by atoms with E-state index in [-0.39, 0.29) is 5.91 Å². The maximum Gasteiger partial charge on any atom is 0.273 e. The summed E-state index contributed by atoms with van der Waals surface area (Å²) in [6, 6.07) is 1.67. The zero-order valence-corrected chi connectivity index (χ0v) is 9.23. The molecule has 1 N–H and O–H groups in total. The van der Waals surface area contributed by atoms with Crippen molar-refractivity contribution in [1.82, 2.24) is 15.4 Å². The van der Waals surface area contributed by atoms with Gasteiger partial charge < -0.3 is 14.6 Å². The molecule has 0 spiro atoms. The number of amides is 1. The van der Waals surface area contributed by atoms with Crippen LogP contribution >= 0.6 is 0 Å². The van der Waals surface area contributed by atoms with E-state index in [1.807, 2.05) is 0 Å². The van der Waals surface area contributed by atoms with Crippen molar-refractivity contribution in [3.63, 3.8) is 0 Å². The molecule has 0 bridgehead atoms. The first-order valence-electron chi connectivity index (χ1n) is 5.27. The standard InChI is InChI=1S/C10H15N3O3/c1-11-10(14)9-6-8(16-12-9)7-13-2-4-15-5-3-13/h6H,2-5,7H2,1H3,(H,11,14). The molecule has 0 unspecified atom stereocenters. The lowest BCUT2D eigenvalue weighted by Gasteiger charge is -2.25. The van der Waals surface area contributed by atoms with Gasteiger partial charge in [-0.05, 0) is 0 Å². The SMILES string of the molecule is CNC(=O)c1cc(CN2CCOCC2)on1. The predicted octanol–water partition coefficient (Wildman–Crippen LogP) is -0.134. The van der Waals surface area contributed by atoms with E-state index >= 15 is 0 Å². The number of ether oxygens (including phenoxy) is 1. The Kier molecular flexibility index (Phi) is 3.53. The Morgan fingerprint density at radius 3 is 3.00 bits per heavy atom. The van der Waals surface area contributed by atoms with Crippen molar-refractivity contribution >= 4 is 5.91 Å². The summed E-state index contributed by atoms with van der Waals surface area (Å²) in [7, 11) is 1.57. The van der Waals surface area contributed by atoms with E-state index in [0.29, 0.717) is 18.0 Å². The Morgan fingerprint density at radius 1 is 1.56 bits per heavy atom. The topological polar surface area (TPSA) is 67.6 Å². The molecule has 6 nitrogen and oxygen atoms in total. The van der Waals surface area contributed by atoms with Crippen LogP contribution in [0.1, 0.15) is 16.2 Å². The number of hydrogen-bond donors (Lipinski definition) is 1. The average molecular weight is 225 g/mol. The number of carbonyl (C=O) groups excluding carboxylic acids is 1. The molecule has 6 heteroatoms. The number of morpholine rings is 1. The summed E-state index contributed by atoms with van der Waals surface area (Å²) in [5, 5.41) is 6.21. The van der Waals surface area contributed by atoms with E-state index in [2.05, 4.69) is 15.4 Å². The summed E-state index contributed by atoms with van der Waals surface area (Å²) in [4.78, 5) is 13.5. The molecule has 2 rings (SSSR count). The molecule has 2 heterocycles. The summed E-state index contributed by atoms with van der Waals surface area (Å²) in [5.41, 5.74) is 0.325. The monoisotopic (exact) mass is 225 g/mol. The molecule has 0 atom stereocenters. The molecule has 0 saturated carbocycles. The second kappa shape index (κ2) is 5.09. The first-order chi connectivity index (χ1) is 7.79. The van der Waals surface area contributed by atoms with Crippen LogP contribution in [-0.4, -0.2) is 49.3 Å². The number of hydrogen-bond acceptors (Lipinski definition) is 5. The minimum Gasteiger partial charge on any atom is -0.379 e. The third kappa shape index (κ3) is 2.59. The van der Waals surface area contributed by atoms with Crippen molar-refractivity contribution in [1.29, 1.82) is 0 Å². The smallest absolute Gasteiger partial charge is 0.273 e. The Morgan fingerprint density at radius 2 is 2.31 bits per heavy atom. The molecule has 1 aromatic heterocycles. The van der Waals surface area contributed by atoms with E-state index in [1.165, 1.54) is 0 Å². The Bertz CT molecular complexity index is 358. The van der Waals surface area contributed by atoms with E-state index < -0.39 is 0 Å². The molecule has 1 aliphatic rings. The van der Waals surface area contributed by atoms with Crippen LogP contribution in [-0.2, 0) is 11.3 Å². The van der Waals surface area contributed by atoms with Crippen LogP contribution < -0.4 is 5.32 Å². The summed E-state index contributed by atoms with van der Waals surface area (Å²) >= 11 is 0. The van der Waals surface area contributed by atoms with Crippen LogP contribution in [0.25, 0.3) is 0 Å². The molecule has 0 aliphatic carbocycles. The molecule has 1 fully saturated rings. The predicted molar refractivity (Wildman–Crippen MR) is 56.0 cm³/mol. The lowest BCUT2D eigenvalue weighted by atomic mass is 10.3. The van der Waals surface area contributed by atoms with Crippen molar-refractivity contribution < 1.29 is 14.1 Å². The second-order valence-electron chi connectivity index (χ2n) is 3.65. The zero-order valence-electron chi connectivity index (χ0n) is 9.23. The Balaban J connectivity index is 1.94. The van der Waals surface area contributed by atoms with Crippen LogP contribution in [0.15, 0.2) is 10.6 Å². The van der Waals surface area contributed by atoms with Gasteiger partial charge >= 0.3 is 0 Å². The highest BCUT2D eigenvalue weighted by molar-refractivity contribution is 5.91. The fraction of sp³-hybridized carbons (Fsp3) is 0.600. The van der Waals surface area contributed by atoms with Crippen molar-refractivity contribution in [2.24, 2.45) is 0 Å². The largest absolute Gasteiger partial charge is 0.379 e. The third-order valence-corrected chi connectivity index (χ3v) is 2.50. The zero-order chi connectivity index (χ0) is 11.4. The van der Waals surface area contributed by atoms with Crippen molar-refractivity contribution in [2.45, 2.75) is 6.54 Å². The number of carbonyl (C=O) groups is 1. The highest BCUT2D eigenvalue weighted by Gasteiger charge is 2.15. The molecule has 0 aromatic carbocycles. The van der Waals surface area contributed by atoms with E-state index in [1.54, 1.807) is 13.1 Å². The van der Waals surface area contributed by atoms with Crippen molar-refractivity contribution in [2.75, 3.05) is 33.4 Å².